The Bertz CT molecular complexity index is 136. The molecular weight excluding hydrogens is 134 g/mol. The van der Waals surface area contributed by atoms with Gasteiger partial charge in [-0.05, 0) is 18.4 Å². The lowest BCUT2D eigenvalue weighted by Gasteiger charge is -2.22. The number of rotatable bonds is 3. The molecule has 1 heteroatoms. The third-order valence-corrected chi connectivity index (χ3v) is 1.47. The summed E-state index contributed by atoms with van der Waals surface area (Å²) in [5, 5.41) is 3.25. The molecule has 1 atom stereocenters. The first-order valence-electron chi connectivity index (χ1n) is 4.19. The predicted molar refractivity (Wildman–Crippen MR) is 50.4 cm³/mol. The molecule has 0 saturated heterocycles. The van der Waals surface area contributed by atoms with Crippen molar-refractivity contribution in [1.29, 1.82) is 0 Å². The Morgan fingerprint density at radius 2 is 2.00 bits per heavy atom. The average Bonchev–Trinajstić information content (AvgIpc) is 1.84. The van der Waals surface area contributed by atoms with Crippen LogP contribution in [0.25, 0.3) is 0 Å². The van der Waals surface area contributed by atoms with Crippen LogP contribution in [0.4, 0.5) is 0 Å². The highest BCUT2D eigenvalue weighted by Gasteiger charge is 2.15. The van der Waals surface area contributed by atoms with Crippen LogP contribution in [0, 0.1) is 17.8 Å². The van der Waals surface area contributed by atoms with E-state index in [2.05, 4.69) is 38.9 Å². The van der Waals surface area contributed by atoms with Gasteiger partial charge in [-0.1, -0.05) is 33.6 Å². The molecule has 0 bridgehead atoms. The maximum absolute atomic E-state index is 5.35. The largest absolute Gasteiger partial charge is 0.304 e. The Balaban J connectivity index is 3.81. The quantitative estimate of drug-likeness (QED) is 0.612. The van der Waals surface area contributed by atoms with Crippen molar-refractivity contribution >= 4 is 0 Å². The van der Waals surface area contributed by atoms with Crippen molar-refractivity contribution in [2.75, 3.05) is 6.54 Å². The van der Waals surface area contributed by atoms with E-state index >= 15 is 0 Å². The summed E-state index contributed by atoms with van der Waals surface area (Å²) in [6, 6.07) is 0.236. The lowest BCUT2D eigenvalue weighted by molar-refractivity contribution is 0.342. The number of hydrogen-bond donors (Lipinski definition) is 1. The lowest BCUT2D eigenvalue weighted by Crippen LogP contribution is -2.31. The molecule has 1 N–H and O–H groups in total. The van der Waals surface area contributed by atoms with E-state index in [4.69, 9.17) is 6.42 Å². The zero-order chi connectivity index (χ0) is 8.91. The smallest absolute Gasteiger partial charge is 0.0691 e. The number of hydrogen-bond acceptors (Lipinski definition) is 1. The average molecular weight is 153 g/mol. The van der Waals surface area contributed by atoms with Crippen LogP contribution in [0.3, 0.4) is 0 Å². The second kappa shape index (κ2) is 4.41. The molecule has 0 aliphatic rings. The van der Waals surface area contributed by atoms with Crippen LogP contribution in [0.2, 0.25) is 0 Å². The van der Waals surface area contributed by atoms with Gasteiger partial charge in [-0.2, -0.15) is 0 Å². The highest BCUT2D eigenvalue weighted by molar-refractivity contribution is 5.00. The molecule has 0 aliphatic heterocycles. The molecule has 0 heterocycles. The van der Waals surface area contributed by atoms with Crippen molar-refractivity contribution in [1.82, 2.24) is 5.32 Å². The molecule has 1 unspecified atom stereocenters. The van der Waals surface area contributed by atoms with Crippen LogP contribution in [-0.4, -0.2) is 12.6 Å². The molecule has 0 aliphatic carbocycles. The Kier molecular flexibility index (Phi) is 4.22. The summed E-state index contributed by atoms with van der Waals surface area (Å²) in [6.07, 6.45) is 6.39. The van der Waals surface area contributed by atoms with Crippen LogP contribution in [-0.2, 0) is 0 Å². The summed E-state index contributed by atoms with van der Waals surface area (Å²) in [4.78, 5) is 0. The van der Waals surface area contributed by atoms with Gasteiger partial charge in [-0.25, -0.2) is 0 Å². The standard InChI is InChI=1S/C10H19N/c1-6-9(11-7-2)8-10(3,4)5/h1,9,11H,7-8H2,2-5H3. The van der Waals surface area contributed by atoms with Crippen molar-refractivity contribution in [2.24, 2.45) is 5.41 Å². The maximum atomic E-state index is 5.35. The van der Waals surface area contributed by atoms with Gasteiger partial charge in [-0.3, -0.25) is 0 Å². The van der Waals surface area contributed by atoms with E-state index in [1.807, 2.05) is 0 Å². The predicted octanol–water partition coefficient (Wildman–Crippen LogP) is 2.03. The van der Waals surface area contributed by atoms with Crippen molar-refractivity contribution in [3.8, 4) is 12.3 Å². The van der Waals surface area contributed by atoms with Crippen LogP contribution in [0.15, 0.2) is 0 Å². The van der Waals surface area contributed by atoms with Gasteiger partial charge < -0.3 is 5.32 Å². The molecule has 0 aromatic carbocycles. The summed E-state index contributed by atoms with van der Waals surface area (Å²) in [7, 11) is 0. The molecule has 0 radical (unpaired) electrons. The lowest BCUT2D eigenvalue weighted by atomic mass is 9.88. The topological polar surface area (TPSA) is 12.0 Å². The third-order valence-electron chi connectivity index (χ3n) is 1.47. The first-order chi connectivity index (χ1) is 4.99. The summed E-state index contributed by atoms with van der Waals surface area (Å²) >= 11 is 0. The molecule has 11 heavy (non-hydrogen) atoms. The molecule has 0 saturated carbocycles. The molecule has 0 amide bonds. The first kappa shape index (κ1) is 10.5. The minimum atomic E-state index is 0.236. The summed E-state index contributed by atoms with van der Waals surface area (Å²) in [5.41, 5.74) is 0.319. The summed E-state index contributed by atoms with van der Waals surface area (Å²) < 4.78 is 0. The van der Waals surface area contributed by atoms with E-state index < -0.39 is 0 Å². The van der Waals surface area contributed by atoms with Crippen LogP contribution in [0.1, 0.15) is 34.1 Å². The molecule has 0 aromatic heterocycles. The highest BCUT2D eigenvalue weighted by atomic mass is 14.9. The monoisotopic (exact) mass is 153 g/mol. The SMILES string of the molecule is C#CC(CC(C)(C)C)NCC. The molecule has 0 rings (SSSR count). The fraction of sp³-hybridized carbons (Fsp3) is 0.800. The van der Waals surface area contributed by atoms with Gasteiger partial charge in [0, 0.05) is 0 Å². The zero-order valence-corrected chi connectivity index (χ0v) is 8.07. The Labute approximate surface area is 70.6 Å². The van der Waals surface area contributed by atoms with Crippen molar-refractivity contribution in [3.63, 3.8) is 0 Å². The molecule has 0 aromatic rings. The van der Waals surface area contributed by atoms with E-state index in [-0.39, 0.29) is 6.04 Å². The van der Waals surface area contributed by atoms with Gasteiger partial charge in [0.15, 0.2) is 0 Å². The normalized spacial score (nSPS) is 14.1. The van der Waals surface area contributed by atoms with Gasteiger partial charge in [-0.15, -0.1) is 6.42 Å². The Morgan fingerprint density at radius 1 is 1.45 bits per heavy atom. The van der Waals surface area contributed by atoms with Gasteiger partial charge in [0.1, 0.15) is 0 Å². The summed E-state index contributed by atoms with van der Waals surface area (Å²) in [6.45, 7) is 9.63. The number of terminal acetylenes is 1. The first-order valence-corrected chi connectivity index (χ1v) is 4.19. The van der Waals surface area contributed by atoms with Crippen molar-refractivity contribution in [2.45, 2.75) is 40.2 Å². The molecular formula is C10H19N. The van der Waals surface area contributed by atoms with E-state index in [9.17, 15) is 0 Å². The molecule has 1 nitrogen and oxygen atoms in total. The third kappa shape index (κ3) is 5.94. The highest BCUT2D eigenvalue weighted by Crippen LogP contribution is 2.20. The maximum Gasteiger partial charge on any atom is 0.0691 e. The van der Waals surface area contributed by atoms with Crippen molar-refractivity contribution in [3.05, 3.63) is 0 Å². The van der Waals surface area contributed by atoms with Crippen LogP contribution in [0.5, 0.6) is 0 Å². The molecule has 0 spiro atoms. The Hall–Kier alpha value is -0.480. The second-order valence-electron chi connectivity index (χ2n) is 4.04. The van der Waals surface area contributed by atoms with E-state index in [1.165, 1.54) is 0 Å². The fourth-order valence-electron chi connectivity index (χ4n) is 1.05. The molecule has 0 fully saturated rings. The zero-order valence-electron chi connectivity index (χ0n) is 8.07. The minimum Gasteiger partial charge on any atom is -0.304 e. The van der Waals surface area contributed by atoms with Crippen LogP contribution >= 0.6 is 0 Å². The van der Waals surface area contributed by atoms with Crippen molar-refractivity contribution < 1.29 is 0 Å². The van der Waals surface area contributed by atoms with E-state index in [0.29, 0.717) is 5.41 Å². The van der Waals surface area contributed by atoms with Gasteiger partial charge in [0.05, 0.1) is 6.04 Å². The van der Waals surface area contributed by atoms with Gasteiger partial charge in [0.2, 0.25) is 0 Å². The second-order valence-corrected chi connectivity index (χ2v) is 4.04. The summed E-state index contributed by atoms with van der Waals surface area (Å²) in [5.74, 6) is 2.75. The van der Waals surface area contributed by atoms with E-state index in [1.54, 1.807) is 0 Å². The number of nitrogens with one attached hydrogen (secondary N) is 1. The van der Waals surface area contributed by atoms with Gasteiger partial charge >= 0.3 is 0 Å². The minimum absolute atomic E-state index is 0.236. The fourth-order valence-corrected chi connectivity index (χ4v) is 1.05. The molecule has 64 valence electrons. The Morgan fingerprint density at radius 3 is 2.27 bits per heavy atom. The van der Waals surface area contributed by atoms with Gasteiger partial charge in [0.25, 0.3) is 0 Å². The van der Waals surface area contributed by atoms with E-state index in [0.717, 1.165) is 13.0 Å². The van der Waals surface area contributed by atoms with Crippen LogP contribution < -0.4 is 5.32 Å².